The minimum absolute atomic E-state index is 0.0873. The van der Waals surface area contributed by atoms with Crippen LogP contribution in [-0.2, 0) is 14.3 Å². The Bertz CT molecular complexity index is 295. The highest BCUT2D eigenvalue weighted by atomic mass is 16.6. The monoisotopic (exact) mass is 228 g/mol. The van der Waals surface area contributed by atoms with E-state index < -0.39 is 17.5 Å². The Morgan fingerprint density at radius 2 is 1.81 bits per heavy atom. The number of hydrogen-bond donors (Lipinski definition) is 1. The molecule has 0 radical (unpaired) electrons. The Morgan fingerprint density at radius 3 is 2.12 bits per heavy atom. The van der Waals surface area contributed by atoms with Crippen LogP contribution in [0.25, 0.3) is 0 Å². The lowest BCUT2D eigenvalue weighted by Crippen LogP contribution is -2.23. The van der Waals surface area contributed by atoms with Crippen LogP contribution in [0.1, 0.15) is 41.0 Å². The highest BCUT2D eigenvalue weighted by Crippen LogP contribution is 2.13. The molecule has 0 fully saturated rings. The second-order valence-electron chi connectivity index (χ2n) is 5.11. The molecule has 0 aromatic rings. The van der Waals surface area contributed by atoms with Gasteiger partial charge >= 0.3 is 11.9 Å². The lowest BCUT2D eigenvalue weighted by Gasteiger charge is -2.18. The van der Waals surface area contributed by atoms with Crippen molar-refractivity contribution in [2.24, 2.45) is 5.92 Å². The van der Waals surface area contributed by atoms with E-state index in [9.17, 15) is 9.59 Å². The summed E-state index contributed by atoms with van der Waals surface area (Å²) in [6, 6.07) is 0. The fourth-order valence-electron chi connectivity index (χ4n) is 1.12. The van der Waals surface area contributed by atoms with Crippen molar-refractivity contribution in [3.05, 3.63) is 11.6 Å². The van der Waals surface area contributed by atoms with Gasteiger partial charge in [0.2, 0.25) is 0 Å². The Balaban J connectivity index is 4.67. The summed E-state index contributed by atoms with van der Waals surface area (Å²) in [6.07, 6.45) is 1.42. The van der Waals surface area contributed by atoms with Crippen molar-refractivity contribution in [3.8, 4) is 0 Å². The first-order valence-electron chi connectivity index (χ1n) is 5.28. The van der Waals surface area contributed by atoms with Crippen LogP contribution in [0.15, 0.2) is 11.6 Å². The van der Waals surface area contributed by atoms with Gasteiger partial charge in [-0.2, -0.15) is 0 Å². The van der Waals surface area contributed by atoms with E-state index in [-0.39, 0.29) is 11.5 Å². The Labute approximate surface area is 96.3 Å². The molecule has 0 saturated heterocycles. The smallest absolute Gasteiger partial charge is 0.331 e. The maximum absolute atomic E-state index is 11.4. The SMILES string of the molecule is CC(C)CC(=CC(=O)OC(C)(C)C)C(=O)O. The van der Waals surface area contributed by atoms with Gasteiger partial charge in [0.05, 0.1) is 0 Å². The molecule has 16 heavy (non-hydrogen) atoms. The zero-order chi connectivity index (χ0) is 12.9. The molecule has 0 rings (SSSR count). The largest absolute Gasteiger partial charge is 0.478 e. The number of carboxylic acid groups (broad SMARTS) is 1. The predicted molar refractivity (Wildman–Crippen MR) is 61.0 cm³/mol. The van der Waals surface area contributed by atoms with Crippen LogP contribution in [0, 0.1) is 5.92 Å². The summed E-state index contributed by atoms with van der Waals surface area (Å²) < 4.78 is 5.02. The van der Waals surface area contributed by atoms with Gasteiger partial charge in [-0.1, -0.05) is 13.8 Å². The zero-order valence-corrected chi connectivity index (χ0v) is 10.5. The van der Waals surface area contributed by atoms with E-state index in [4.69, 9.17) is 9.84 Å². The number of aliphatic carboxylic acids is 1. The number of carbonyl (C=O) groups excluding carboxylic acids is 1. The Morgan fingerprint density at radius 1 is 1.31 bits per heavy atom. The second-order valence-corrected chi connectivity index (χ2v) is 5.11. The molecule has 0 bridgehead atoms. The quantitative estimate of drug-likeness (QED) is 0.592. The number of carbonyl (C=O) groups is 2. The first-order chi connectivity index (χ1) is 7.11. The average molecular weight is 228 g/mol. The lowest BCUT2D eigenvalue weighted by atomic mass is 10.0. The molecular formula is C12H20O4. The molecule has 0 unspecified atom stereocenters. The van der Waals surface area contributed by atoms with Gasteiger partial charge in [0.25, 0.3) is 0 Å². The molecule has 0 aliphatic carbocycles. The first kappa shape index (κ1) is 14.7. The minimum atomic E-state index is -1.07. The van der Waals surface area contributed by atoms with Crippen LogP contribution in [0.5, 0.6) is 0 Å². The average Bonchev–Trinajstić information content (AvgIpc) is 1.97. The van der Waals surface area contributed by atoms with Crippen LogP contribution in [0.3, 0.4) is 0 Å². The van der Waals surface area contributed by atoms with Crippen molar-refractivity contribution in [1.29, 1.82) is 0 Å². The van der Waals surface area contributed by atoms with E-state index in [1.807, 2.05) is 13.8 Å². The lowest BCUT2D eigenvalue weighted by molar-refractivity contribution is -0.149. The molecule has 0 atom stereocenters. The van der Waals surface area contributed by atoms with Crippen molar-refractivity contribution in [2.45, 2.75) is 46.6 Å². The maximum Gasteiger partial charge on any atom is 0.331 e. The summed E-state index contributed by atoms with van der Waals surface area (Å²) in [7, 11) is 0. The van der Waals surface area contributed by atoms with Gasteiger partial charge in [-0.3, -0.25) is 0 Å². The van der Waals surface area contributed by atoms with Gasteiger partial charge in [-0.15, -0.1) is 0 Å². The highest BCUT2D eigenvalue weighted by Gasteiger charge is 2.17. The molecule has 0 aliphatic rings. The van der Waals surface area contributed by atoms with E-state index in [1.165, 1.54) is 0 Å². The summed E-state index contributed by atoms with van der Waals surface area (Å²) in [6.45, 7) is 9.00. The van der Waals surface area contributed by atoms with Gasteiger partial charge in [0.1, 0.15) is 5.60 Å². The molecule has 4 heteroatoms. The van der Waals surface area contributed by atoms with Crippen LogP contribution < -0.4 is 0 Å². The topological polar surface area (TPSA) is 63.6 Å². The molecule has 0 amide bonds. The van der Waals surface area contributed by atoms with Crippen molar-refractivity contribution < 1.29 is 19.4 Å². The standard InChI is InChI=1S/C12H20O4/c1-8(2)6-9(11(14)15)7-10(13)16-12(3,4)5/h7-8H,6H2,1-5H3,(H,14,15). The molecule has 0 aliphatic heterocycles. The van der Waals surface area contributed by atoms with Crippen molar-refractivity contribution in [2.75, 3.05) is 0 Å². The molecule has 1 N–H and O–H groups in total. The molecule has 0 aromatic carbocycles. The van der Waals surface area contributed by atoms with Gasteiger partial charge in [0, 0.05) is 11.6 Å². The Kier molecular flexibility index (Phi) is 5.21. The number of hydrogen-bond acceptors (Lipinski definition) is 3. The zero-order valence-electron chi connectivity index (χ0n) is 10.5. The second kappa shape index (κ2) is 5.68. The third-order valence-corrected chi connectivity index (χ3v) is 1.60. The van der Waals surface area contributed by atoms with Crippen molar-refractivity contribution in [1.82, 2.24) is 0 Å². The van der Waals surface area contributed by atoms with E-state index >= 15 is 0 Å². The molecule has 0 heterocycles. The van der Waals surface area contributed by atoms with Gasteiger partial charge in [0.15, 0.2) is 0 Å². The van der Waals surface area contributed by atoms with E-state index in [0.29, 0.717) is 6.42 Å². The highest BCUT2D eigenvalue weighted by molar-refractivity contribution is 5.95. The normalized spacial score (nSPS) is 12.8. The van der Waals surface area contributed by atoms with Crippen LogP contribution in [0.4, 0.5) is 0 Å². The summed E-state index contributed by atoms with van der Waals surface area (Å²) in [4.78, 5) is 22.3. The molecular weight excluding hydrogens is 208 g/mol. The maximum atomic E-state index is 11.4. The molecule has 4 nitrogen and oxygen atoms in total. The third-order valence-electron chi connectivity index (χ3n) is 1.60. The van der Waals surface area contributed by atoms with Gasteiger partial charge in [-0.25, -0.2) is 9.59 Å². The minimum Gasteiger partial charge on any atom is -0.478 e. The van der Waals surface area contributed by atoms with E-state index in [1.54, 1.807) is 20.8 Å². The molecule has 0 aromatic heterocycles. The molecule has 0 saturated carbocycles. The first-order valence-corrected chi connectivity index (χ1v) is 5.28. The summed E-state index contributed by atoms with van der Waals surface area (Å²) in [5.74, 6) is -1.49. The summed E-state index contributed by atoms with van der Waals surface area (Å²) in [5.41, 5.74) is -0.515. The van der Waals surface area contributed by atoms with E-state index in [2.05, 4.69) is 0 Å². The number of ether oxygens (including phenoxy) is 1. The van der Waals surface area contributed by atoms with Crippen LogP contribution in [-0.4, -0.2) is 22.6 Å². The van der Waals surface area contributed by atoms with Gasteiger partial charge < -0.3 is 9.84 Å². The van der Waals surface area contributed by atoms with Crippen molar-refractivity contribution in [3.63, 3.8) is 0 Å². The third kappa shape index (κ3) is 7.04. The summed E-state index contributed by atoms with van der Waals surface area (Å²) >= 11 is 0. The van der Waals surface area contributed by atoms with Crippen LogP contribution in [0.2, 0.25) is 0 Å². The molecule has 92 valence electrons. The fraction of sp³-hybridized carbons (Fsp3) is 0.667. The molecule has 0 spiro atoms. The summed E-state index contributed by atoms with van der Waals surface area (Å²) in [5, 5.41) is 8.89. The fourth-order valence-corrected chi connectivity index (χ4v) is 1.12. The van der Waals surface area contributed by atoms with Crippen molar-refractivity contribution >= 4 is 11.9 Å². The predicted octanol–water partition coefficient (Wildman–Crippen LogP) is 2.39. The Hall–Kier alpha value is -1.32. The number of carboxylic acids is 1. The number of rotatable bonds is 4. The van der Waals surface area contributed by atoms with Crippen LogP contribution >= 0.6 is 0 Å². The van der Waals surface area contributed by atoms with E-state index in [0.717, 1.165) is 6.08 Å². The van der Waals surface area contributed by atoms with Gasteiger partial charge in [-0.05, 0) is 33.1 Å². The number of esters is 1.